The van der Waals surface area contributed by atoms with E-state index in [2.05, 4.69) is 20.8 Å². The lowest BCUT2D eigenvalue weighted by Gasteiger charge is -2.26. The topological polar surface area (TPSA) is 0 Å². The zero-order chi connectivity index (χ0) is 8.06. The van der Waals surface area contributed by atoms with Crippen molar-refractivity contribution in [1.82, 2.24) is 0 Å². The standard InChI is InChI=1S/C11H20/c1-4-8-7-9-5-6-10(8)11(9,2)3/h8-10H,4-7H2,1-3H3. The molecule has 0 aromatic carbocycles. The second kappa shape index (κ2) is 2.24. The smallest absolute Gasteiger partial charge is 0.0295 e. The van der Waals surface area contributed by atoms with Gasteiger partial charge in [0.2, 0.25) is 0 Å². The fraction of sp³-hybridized carbons (Fsp3) is 1.00. The molecule has 0 aliphatic heterocycles. The minimum Gasteiger partial charge on any atom is -0.0651 e. The van der Waals surface area contributed by atoms with E-state index in [-0.39, 0.29) is 0 Å². The normalized spacial score (nSPS) is 46.6. The van der Waals surface area contributed by atoms with Gasteiger partial charge in [0.1, 0.15) is 0 Å². The van der Waals surface area contributed by atoms with Gasteiger partial charge in [0.15, 0.2) is 0 Å². The second-order valence-corrected chi connectivity index (χ2v) is 5.11. The van der Waals surface area contributed by atoms with Crippen molar-refractivity contribution < 1.29 is 0 Å². The van der Waals surface area contributed by atoms with Crippen molar-refractivity contribution in [3.8, 4) is 0 Å². The lowest BCUT2D eigenvalue weighted by Crippen LogP contribution is -2.19. The molecule has 0 saturated heterocycles. The molecular formula is C11H20. The summed E-state index contributed by atoms with van der Waals surface area (Å²) in [6.07, 6.45) is 6.00. The number of fused-ring (bicyclic) bond motifs is 2. The van der Waals surface area contributed by atoms with Crippen molar-refractivity contribution in [3.63, 3.8) is 0 Å². The molecule has 0 aromatic heterocycles. The third-order valence-corrected chi connectivity index (χ3v) is 4.51. The lowest BCUT2D eigenvalue weighted by atomic mass is 9.79. The fourth-order valence-corrected chi connectivity index (χ4v) is 3.67. The van der Waals surface area contributed by atoms with Crippen molar-refractivity contribution >= 4 is 0 Å². The molecule has 11 heavy (non-hydrogen) atoms. The van der Waals surface area contributed by atoms with Gasteiger partial charge in [-0.2, -0.15) is 0 Å². The van der Waals surface area contributed by atoms with E-state index < -0.39 is 0 Å². The minimum absolute atomic E-state index is 0.695. The quantitative estimate of drug-likeness (QED) is 0.539. The molecule has 3 atom stereocenters. The monoisotopic (exact) mass is 152 g/mol. The van der Waals surface area contributed by atoms with Crippen molar-refractivity contribution in [2.75, 3.05) is 0 Å². The molecule has 2 saturated carbocycles. The van der Waals surface area contributed by atoms with Gasteiger partial charge in [-0.1, -0.05) is 27.2 Å². The van der Waals surface area contributed by atoms with E-state index in [1.54, 1.807) is 0 Å². The van der Waals surface area contributed by atoms with Crippen molar-refractivity contribution in [1.29, 1.82) is 0 Å². The van der Waals surface area contributed by atoms with E-state index in [4.69, 9.17) is 0 Å². The Balaban J connectivity index is 2.19. The predicted molar refractivity (Wildman–Crippen MR) is 48.4 cm³/mol. The summed E-state index contributed by atoms with van der Waals surface area (Å²) in [7, 11) is 0. The molecule has 2 aliphatic rings. The van der Waals surface area contributed by atoms with Gasteiger partial charge < -0.3 is 0 Å². The molecule has 0 nitrogen and oxygen atoms in total. The highest BCUT2D eigenvalue weighted by molar-refractivity contribution is 5.01. The summed E-state index contributed by atoms with van der Waals surface area (Å²) in [6.45, 7) is 7.34. The highest BCUT2D eigenvalue weighted by Gasteiger charge is 2.52. The van der Waals surface area contributed by atoms with E-state index >= 15 is 0 Å². The van der Waals surface area contributed by atoms with Gasteiger partial charge in [0, 0.05) is 0 Å². The Hall–Kier alpha value is 0. The Labute approximate surface area is 70.4 Å². The van der Waals surface area contributed by atoms with Gasteiger partial charge in [0.05, 0.1) is 0 Å². The molecule has 2 fully saturated rings. The van der Waals surface area contributed by atoms with E-state index in [9.17, 15) is 0 Å². The molecule has 2 aliphatic carbocycles. The number of hydrogen-bond donors (Lipinski definition) is 0. The van der Waals surface area contributed by atoms with Crippen LogP contribution in [0.3, 0.4) is 0 Å². The maximum absolute atomic E-state index is 2.49. The summed E-state index contributed by atoms with van der Waals surface area (Å²) in [5, 5.41) is 0. The van der Waals surface area contributed by atoms with Crippen LogP contribution in [-0.2, 0) is 0 Å². The molecule has 64 valence electrons. The highest BCUT2D eigenvalue weighted by atomic mass is 14.6. The molecule has 0 radical (unpaired) electrons. The van der Waals surface area contributed by atoms with E-state index in [1.807, 2.05) is 0 Å². The fourth-order valence-electron chi connectivity index (χ4n) is 3.67. The van der Waals surface area contributed by atoms with Crippen molar-refractivity contribution in [2.45, 2.75) is 46.5 Å². The van der Waals surface area contributed by atoms with Crippen LogP contribution in [0.15, 0.2) is 0 Å². The third kappa shape index (κ3) is 0.878. The highest BCUT2D eigenvalue weighted by Crippen LogP contribution is 2.60. The molecule has 3 unspecified atom stereocenters. The average molecular weight is 152 g/mol. The lowest BCUT2D eigenvalue weighted by molar-refractivity contribution is 0.232. The Morgan fingerprint density at radius 1 is 1.27 bits per heavy atom. The molecule has 0 amide bonds. The first-order chi connectivity index (χ1) is 5.16. The van der Waals surface area contributed by atoms with Gasteiger partial charge in [-0.25, -0.2) is 0 Å². The summed E-state index contributed by atoms with van der Waals surface area (Å²) >= 11 is 0. The summed E-state index contributed by atoms with van der Waals surface area (Å²) in [5.74, 6) is 3.21. The zero-order valence-electron chi connectivity index (χ0n) is 8.06. The van der Waals surface area contributed by atoms with Crippen LogP contribution in [0.1, 0.15) is 46.5 Å². The summed E-state index contributed by atoms with van der Waals surface area (Å²) in [5.41, 5.74) is 0.695. The maximum atomic E-state index is 2.49. The molecule has 0 spiro atoms. The molecular weight excluding hydrogens is 132 g/mol. The van der Waals surface area contributed by atoms with Crippen LogP contribution in [-0.4, -0.2) is 0 Å². The minimum atomic E-state index is 0.695. The van der Waals surface area contributed by atoms with Crippen molar-refractivity contribution in [3.05, 3.63) is 0 Å². The van der Waals surface area contributed by atoms with Gasteiger partial charge in [-0.05, 0) is 42.4 Å². The van der Waals surface area contributed by atoms with Gasteiger partial charge in [-0.15, -0.1) is 0 Å². The summed E-state index contributed by atoms with van der Waals surface area (Å²) in [4.78, 5) is 0. The first kappa shape index (κ1) is 7.64. The number of rotatable bonds is 1. The second-order valence-electron chi connectivity index (χ2n) is 5.11. The molecule has 0 heterocycles. The molecule has 0 N–H and O–H groups in total. The van der Waals surface area contributed by atoms with Crippen molar-refractivity contribution in [2.24, 2.45) is 23.2 Å². The van der Waals surface area contributed by atoms with Gasteiger partial charge in [-0.3, -0.25) is 0 Å². The summed E-state index contributed by atoms with van der Waals surface area (Å²) < 4.78 is 0. The molecule has 0 heteroatoms. The summed E-state index contributed by atoms with van der Waals surface area (Å²) in [6, 6.07) is 0. The SMILES string of the molecule is CCC1CC2CCC1C2(C)C. The van der Waals surface area contributed by atoms with E-state index in [0.29, 0.717) is 5.41 Å². The third-order valence-electron chi connectivity index (χ3n) is 4.51. The van der Waals surface area contributed by atoms with Crippen LogP contribution >= 0.6 is 0 Å². The maximum Gasteiger partial charge on any atom is -0.0295 e. The van der Waals surface area contributed by atoms with Crippen LogP contribution in [0, 0.1) is 23.2 Å². The van der Waals surface area contributed by atoms with Crippen LogP contribution in [0.2, 0.25) is 0 Å². The Morgan fingerprint density at radius 2 is 2.00 bits per heavy atom. The predicted octanol–water partition coefficient (Wildman–Crippen LogP) is 3.47. The zero-order valence-corrected chi connectivity index (χ0v) is 8.06. The van der Waals surface area contributed by atoms with Crippen LogP contribution < -0.4 is 0 Å². The Morgan fingerprint density at radius 3 is 2.27 bits per heavy atom. The first-order valence-corrected chi connectivity index (χ1v) is 5.16. The van der Waals surface area contributed by atoms with Crippen LogP contribution in [0.5, 0.6) is 0 Å². The van der Waals surface area contributed by atoms with E-state index in [1.165, 1.54) is 25.7 Å². The Kier molecular flexibility index (Phi) is 1.56. The largest absolute Gasteiger partial charge is 0.0651 e. The average Bonchev–Trinajstić information content (AvgIpc) is 2.40. The molecule has 0 aromatic rings. The van der Waals surface area contributed by atoms with Gasteiger partial charge in [0.25, 0.3) is 0 Å². The van der Waals surface area contributed by atoms with Gasteiger partial charge >= 0.3 is 0 Å². The van der Waals surface area contributed by atoms with Crippen LogP contribution in [0.4, 0.5) is 0 Å². The molecule has 2 rings (SSSR count). The van der Waals surface area contributed by atoms with E-state index in [0.717, 1.165) is 17.8 Å². The Bertz CT molecular complexity index is 157. The first-order valence-electron chi connectivity index (χ1n) is 5.16. The van der Waals surface area contributed by atoms with Crippen LogP contribution in [0.25, 0.3) is 0 Å². The molecule has 2 bridgehead atoms. The number of hydrogen-bond acceptors (Lipinski definition) is 0.